The number of hydrogen-bond donors (Lipinski definition) is 1. The van der Waals surface area contributed by atoms with Crippen molar-refractivity contribution in [2.75, 3.05) is 5.73 Å². The van der Waals surface area contributed by atoms with Crippen molar-refractivity contribution < 1.29 is 0 Å². The van der Waals surface area contributed by atoms with Crippen molar-refractivity contribution in [2.45, 2.75) is 6.54 Å². The fraction of sp³-hybridized carbons (Fsp3) is 0.0625. The fourth-order valence-corrected chi connectivity index (χ4v) is 2.09. The normalized spacial score (nSPS) is 10.5. The average molecular weight is 249 g/mol. The van der Waals surface area contributed by atoms with Crippen LogP contribution in [0.4, 0.5) is 5.69 Å². The summed E-state index contributed by atoms with van der Waals surface area (Å²) in [6, 6.07) is 18.1. The van der Waals surface area contributed by atoms with Crippen LogP contribution in [0.25, 0.3) is 11.1 Å². The molecule has 3 aromatic rings. The zero-order valence-electron chi connectivity index (χ0n) is 10.5. The minimum absolute atomic E-state index is 0.772. The van der Waals surface area contributed by atoms with E-state index in [-0.39, 0.29) is 0 Å². The molecular weight excluding hydrogens is 234 g/mol. The molecule has 1 heterocycles. The molecule has 0 unspecified atom stereocenters. The second kappa shape index (κ2) is 4.98. The Bertz CT molecular complexity index is 671. The summed E-state index contributed by atoms with van der Waals surface area (Å²) < 4.78 is 1.94. The first-order chi connectivity index (χ1) is 9.31. The van der Waals surface area contributed by atoms with Gasteiger partial charge < -0.3 is 5.73 Å². The van der Waals surface area contributed by atoms with Gasteiger partial charge in [0.05, 0.1) is 12.7 Å². The van der Waals surface area contributed by atoms with Crippen molar-refractivity contribution in [3.8, 4) is 11.1 Å². The third-order valence-corrected chi connectivity index (χ3v) is 3.04. The Kier molecular flexibility index (Phi) is 3.02. The lowest BCUT2D eigenvalue weighted by Gasteiger charge is -2.01. The molecule has 0 radical (unpaired) electrons. The Hall–Kier alpha value is -2.55. The van der Waals surface area contributed by atoms with Crippen LogP contribution < -0.4 is 5.73 Å². The number of anilines is 1. The number of nitrogens with two attached hydrogens (primary N) is 1. The van der Waals surface area contributed by atoms with E-state index in [0.29, 0.717) is 0 Å². The molecule has 3 heteroatoms. The van der Waals surface area contributed by atoms with E-state index in [0.717, 1.165) is 23.4 Å². The average Bonchev–Trinajstić information content (AvgIpc) is 2.88. The molecule has 0 saturated heterocycles. The molecule has 3 nitrogen and oxygen atoms in total. The lowest BCUT2D eigenvalue weighted by atomic mass is 10.1. The van der Waals surface area contributed by atoms with Gasteiger partial charge in [-0.05, 0) is 23.3 Å². The molecule has 0 spiro atoms. The maximum Gasteiger partial charge on any atom is 0.0659 e. The minimum atomic E-state index is 0.772. The molecule has 0 fully saturated rings. The fourth-order valence-electron chi connectivity index (χ4n) is 2.09. The van der Waals surface area contributed by atoms with Gasteiger partial charge in [-0.1, -0.05) is 42.5 Å². The first kappa shape index (κ1) is 11.5. The van der Waals surface area contributed by atoms with Gasteiger partial charge in [0.1, 0.15) is 0 Å². The van der Waals surface area contributed by atoms with Crippen LogP contribution in [0.5, 0.6) is 0 Å². The van der Waals surface area contributed by atoms with Crippen LogP contribution in [0.1, 0.15) is 5.56 Å². The first-order valence-corrected chi connectivity index (χ1v) is 6.23. The lowest BCUT2D eigenvalue weighted by molar-refractivity contribution is 0.687. The Morgan fingerprint density at radius 3 is 2.58 bits per heavy atom. The molecule has 0 aliphatic carbocycles. The highest BCUT2D eigenvalue weighted by molar-refractivity contribution is 5.65. The summed E-state index contributed by atoms with van der Waals surface area (Å²) >= 11 is 0. The van der Waals surface area contributed by atoms with E-state index < -0.39 is 0 Å². The molecule has 1 aromatic heterocycles. The van der Waals surface area contributed by atoms with E-state index in [1.165, 1.54) is 5.56 Å². The molecule has 19 heavy (non-hydrogen) atoms. The van der Waals surface area contributed by atoms with Crippen LogP contribution in [0.15, 0.2) is 67.0 Å². The summed E-state index contributed by atoms with van der Waals surface area (Å²) in [5.41, 5.74) is 9.99. The molecular formula is C16H15N3. The highest BCUT2D eigenvalue weighted by Crippen LogP contribution is 2.20. The van der Waals surface area contributed by atoms with Crippen molar-refractivity contribution in [1.82, 2.24) is 9.78 Å². The number of nitrogens with zero attached hydrogens (tertiary/aromatic N) is 2. The summed E-state index contributed by atoms with van der Waals surface area (Å²) in [5.74, 6) is 0. The summed E-state index contributed by atoms with van der Waals surface area (Å²) in [6.45, 7) is 0.781. The molecule has 0 saturated carbocycles. The molecule has 0 amide bonds. The highest BCUT2D eigenvalue weighted by Gasteiger charge is 2.02. The Morgan fingerprint density at radius 1 is 0.947 bits per heavy atom. The van der Waals surface area contributed by atoms with E-state index >= 15 is 0 Å². The van der Waals surface area contributed by atoms with Gasteiger partial charge in [-0.2, -0.15) is 5.10 Å². The first-order valence-electron chi connectivity index (χ1n) is 6.23. The van der Waals surface area contributed by atoms with Crippen molar-refractivity contribution in [3.05, 3.63) is 72.6 Å². The van der Waals surface area contributed by atoms with Crippen molar-refractivity contribution in [3.63, 3.8) is 0 Å². The van der Waals surface area contributed by atoms with Crippen LogP contribution in [0.3, 0.4) is 0 Å². The van der Waals surface area contributed by atoms with E-state index in [1.807, 2.05) is 59.5 Å². The second-order valence-corrected chi connectivity index (χ2v) is 4.54. The highest BCUT2D eigenvalue weighted by atomic mass is 15.3. The molecule has 94 valence electrons. The zero-order chi connectivity index (χ0) is 13.1. The lowest BCUT2D eigenvalue weighted by Crippen LogP contribution is -1.99. The standard InChI is InChI=1S/C16H15N3/c17-16-8-4-7-14(9-16)15-10-18-19(12-15)11-13-5-2-1-3-6-13/h1-10,12H,11,17H2. The Balaban J connectivity index is 1.84. The molecule has 2 aromatic carbocycles. The maximum absolute atomic E-state index is 5.80. The molecule has 0 aliphatic heterocycles. The van der Waals surface area contributed by atoms with Crippen molar-refractivity contribution in [2.24, 2.45) is 0 Å². The predicted molar refractivity (Wildman–Crippen MR) is 77.6 cm³/mol. The Morgan fingerprint density at radius 2 is 1.79 bits per heavy atom. The second-order valence-electron chi connectivity index (χ2n) is 4.54. The molecule has 0 aliphatic rings. The van der Waals surface area contributed by atoms with Gasteiger partial charge in [-0.25, -0.2) is 0 Å². The van der Waals surface area contributed by atoms with Crippen LogP contribution in [0.2, 0.25) is 0 Å². The Labute approximate surface area is 112 Å². The van der Waals surface area contributed by atoms with Crippen LogP contribution in [0, 0.1) is 0 Å². The van der Waals surface area contributed by atoms with Gasteiger partial charge in [0, 0.05) is 17.4 Å². The monoisotopic (exact) mass is 249 g/mol. The number of rotatable bonds is 3. The largest absolute Gasteiger partial charge is 0.399 e. The molecule has 2 N–H and O–H groups in total. The van der Waals surface area contributed by atoms with Gasteiger partial charge in [0.15, 0.2) is 0 Å². The van der Waals surface area contributed by atoms with E-state index in [1.54, 1.807) is 0 Å². The maximum atomic E-state index is 5.80. The number of aromatic nitrogens is 2. The van der Waals surface area contributed by atoms with Crippen LogP contribution in [-0.2, 0) is 6.54 Å². The van der Waals surface area contributed by atoms with Gasteiger partial charge >= 0.3 is 0 Å². The summed E-state index contributed by atoms with van der Waals surface area (Å²) in [4.78, 5) is 0. The van der Waals surface area contributed by atoms with E-state index in [9.17, 15) is 0 Å². The smallest absolute Gasteiger partial charge is 0.0659 e. The minimum Gasteiger partial charge on any atom is -0.399 e. The van der Waals surface area contributed by atoms with Gasteiger partial charge in [0.25, 0.3) is 0 Å². The van der Waals surface area contributed by atoms with Crippen LogP contribution in [-0.4, -0.2) is 9.78 Å². The van der Waals surface area contributed by atoms with E-state index in [2.05, 4.69) is 17.2 Å². The summed E-state index contributed by atoms with van der Waals surface area (Å²) in [7, 11) is 0. The predicted octanol–water partition coefficient (Wildman–Crippen LogP) is 3.18. The van der Waals surface area contributed by atoms with E-state index in [4.69, 9.17) is 5.73 Å². The van der Waals surface area contributed by atoms with Crippen molar-refractivity contribution >= 4 is 5.69 Å². The number of hydrogen-bond acceptors (Lipinski definition) is 2. The van der Waals surface area contributed by atoms with Gasteiger partial charge in [-0.15, -0.1) is 0 Å². The zero-order valence-corrected chi connectivity index (χ0v) is 10.5. The van der Waals surface area contributed by atoms with Crippen LogP contribution >= 0.6 is 0 Å². The third kappa shape index (κ3) is 2.65. The summed E-state index contributed by atoms with van der Waals surface area (Å²) in [5, 5.41) is 4.39. The quantitative estimate of drug-likeness (QED) is 0.724. The summed E-state index contributed by atoms with van der Waals surface area (Å²) in [6.07, 6.45) is 3.92. The molecule has 3 rings (SSSR count). The SMILES string of the molecule is Nc1cccc(-c2cnn(Cc3ccccc3)c2)c1. The van der Waals surface area contributed by atoms with Crippen molar-refractivity contribution in [1.29, 1.82) is 0 Å². The third-order valence-electron chi connectivity index (χ3n) is 3.04. The number of nitrogen functional groups attached to an aromatic ring is 1. The number of benzene rings is 2. The molecule has 0 atom stereocenters. The molecule has 0 bridgehead atoms. The topological polar surface area (TPSA) is 43.8 Å². The van der Waals surface area contributed by atoms with Gasteiger partial charge in [0.2, 0.25) is 0 Å². The van der Waals surface area contributed by atoms with Gasteiger partial charge in [-0.3, -0.25) is 4.68 Å².